The first-order chi connectivity index (χ1) is 18.0. The largest absolute Gasteiger partial charge is 0.389 e. The first-order valence-electron chi connectivity index (χ1n) is 12.2. The quantitative estimate of drug-likeness (QED) is 0.395. The number of benzene rings is 2. The molecule has 2 bridgehead atoms. The summed E-state index contributed by atoms with van der Waals surface area (Å²) in [4.78, 5) is 24.9. The van der Waals surface area contributed by atoms with E-state index in [0.717, 1.165) is 12.1 Å². The van der Waals surface area contributed by atoms with E-state index >= 15 is 0 Å². The van der Waals surface area contributed by atoms with E-state index in [1.165, 1.54) is 31.4 Å². The van der Waals surface area contributed by atoms with Gasteiger partial charge in [-0.05, 0) is 67.9 Å². The molecule has 4 rings (SSSR count). The van der Waals surface area contributed by atoms with Gasteiger partial charge in [-0.1, -0.05) is 11.6 Å². The Bertz CT molecular complexity index is 1330. The lowest BCUT2D eigenvalue weighted by Crippen LogP contribution is -2.50. The van der Waals surface area contributed by atoms with E-state index in [2.05, 4.69) is 10.6 Å². The highest BCUT2D eigenvalue weighted by Gasteiger charge is 2.56. The SMILES string of the molecule is COCCNC(=O)C[C@]1(O)C2CCC1C[C@@H](S(=O)(=O)c1cc(C(=O)Nc3ccc(F)c(F)c3)ccc1Cl)C2. The molecule has 3 N–H and O–H groups in total. The highest BCUT2D eigenvalue weighted by molar-refractivity contribution is 7.92. The van der Waals surface area contributed by atoms with Gasteiger partial charge < -0.3 is 20.5 Å². The molecule has 8 nitrogen and oxygen atoms in total. The normalized spacial score (nSPS) is 24.7. The van der Waals surface area contributed by atoms with E-state index < -0.39 is 38.2 Å². The van der Waals surface area contributed by atoms with E-state index in [9.17, 15) is 31.9 Å². The lowest BCUT2D eigenvalue weighted by Gasteiger charge is -2.42. The molecule has 2 aliphatic rings. The van der Waals surface area contributed by atoms with Crippen LogP contribution in [-0.4, -0.2) is 56.5 Å². The maximum Gasteiger partial charge on any atom is 0.255 e. The predicted molar refractivity (Wildman–Crippen MR) is 137 cm³/mol. The molecule has 2 amide bonds. The summed E-state index contributed by atoms with van der Waals surface area (Å²) in [5.41, 5.74) is -1.32. The number of hydrogen-bond acceptors (Lipinski definition) is 6. The zero-order valence-corrected chi connectivity index (χ0v) is 22.2. The summed E-state index contributed by atoms with van der Waals surface area (Å²) in [6, 6.07) is 6.66. The molecular weight excluding hydrogens is 542 g/mol. The first kappa shape index (κ1) is 28.4. The lowest BCUT2D eigenvalue weighted by molar-refractivity contribution is -0.132. The second-order valence-corrected chi connectivity index (χ2v) is 12.5. The Morgan fingerprint density at radius 1 is 1.11 bits per heavy atom. The van der Waals surface area contributed by atoms with Gasteiger partial charge in [0.25, 0.3) is 5.91 Å². The molecule has 2 aromatic rings. The minimum atomic E-state index is -4.01. The number of nitrogens with one attached hydrogen (secondary N) is 2. The Morgan fingerprint density at radius 2 is 1.79 bits per heavy atom. The number of hydrogen-bond donors (Lipinski definition) is 3. The third kappa shape index (κ3) is 5.70. The molecule has 2 unspecified atom stereocenters. The van der Waals surface area contributed by atoms with Gasteiger partial charge in [-0.2, -0.15) is 0 Å². The van der Waals surface area contributed by atoms with Crippen molar-refractivity contribution in [1.29, 1.82) is 0 Å². The Kier molecular flexibility index (Phi) is 8.41. The third-order valence-corrected chi connectivity index (χ3v) is 10.2. The van der Waals surface area contributed by atoms with Crippen LogP contribution in [0.4, 0.5) is 14.5 Å². The van der Waals surface area contributed by atoms with Crippen LogP contribution in [0.3, 0.4) is 0 Å². The summed E-state index contributed by atoms with van der Waals surface area (Å²) >= 11 is 6.26. The summed E-state index contributed by atoms with van der Waals surface area (Å²) in [6.45, 7) is 0.659. The molecule has 38 heavy (non-hydrogen) atoms. The smallest absolute Gasteiger partial charge is 0.255 e. The zero-order chi connectivity index (χ0) is 27.7. The number of methoxy groups -OCH3 is 1. The van der Waals surface area contributed by atoms with Crippen molar-refractivity contribution >= 4 is 38.9 Å². The van der Waals surface area contributed by atoms with E-state index in [1.807, 2.05) is 0 Å². The Labute approximate surface area is 224 Å². The van der Waals surface area contributed by atoms with E-state index in [1.54, 1.807) is 0 Å². The molecule has 2 aromatic carbocycles. The Morgan fingerprint density at radius 3 is 2.42 bits per heavy atom. The topological polar surface area (TPSA) is 122 Å². The van der Waals surface area contributed by atoms with Crippen LogP contribution < -0.4 is 10.6 Å². The fourth-order valence-corrected chi connectivity index (χ4v) is 7.99. The average molecular weight is 571 g/mol. The first-order valence-corrected chi connectivity index (χ1v) is 14.2. The lowest BCUT2D eigenvalue weighted by atomic mass is 9.72. The van der Waals surface area contributed by atoms with Crippen molar-refractivity contribution in [2.24, 2.45) is 11.8 Å². The predicted octanol–water partition coefficient (Wildman–Crippen LogP) is 3.72. The van der Waals surface area contributed by atoms with Gasteiger partial charge in [0.15, 0.2) is 21.5 Å². The maximum absolute atomic E-state index is 13.7. The summed E-state index contributed by atoms with van der Waals surface area (Å²) in [7, 11) is -2.49. The molecular formula is C26H29ClF2N2O6S. The van der Waals surface area contributed by atoms with Crippen molar-refractivity contribution in [3.8, 4) is 0 Å². The molecule has 0 aromatic heterocycles. The van der Waals surface area contributed by atoms with Crippen molar-refractivity contribution in [1.82, 2.24) is 5.32 Å². The van der Waals surface area contributed by atoms with Crippen LogP contribution in [0, 0.1) is 23.5 Å². The number of anilines is 1. The number of rotatable bonds is 9. The monoisotopic (exact) mass is 570 g/mol. The van der Waals surface area contributed by atoms with Gasteiger partial charge in [-0.3, -0.25) is 9.59 Å². The van der Waals surface area contributed by atoms with Gasteiger partial charge in [0, 0.05) is 31.0 Å². The molecule has 2 fully saturated rings. The van der Waals surface area contributed by atoms with Gasteiger partial charge in [-0.25, -0.2) is 17.2 Å². The van der Waals surface area contributed by atoms with Crippen LogP contribution in [-0.2, 0) is 19.4 Å². The number of sulfone groups is 1. The van der Waals surface area contributed by atoms with Crippen LogP contribution in [0.5, 0.6) is 0 Å². The number of amides is 2. The second kappa shape index (κ2) is 11.3. The van der Waals surface area contributed by atoms with Crippen LogP contribution in [0.2, 0.25) is 5.02 Å². The molecule has 2 atom stereocenters. The molecule has 0 heterocycles. The Hall–Kier alpha value is -2.60. The highest BCUT2D eigenvalue weighted by atomic mass is 35.5. The molecule has 2 aliphatic carbocycles. The van der Waals surface area contributed by atoms with Crippen molar-refractivity contribution in [2.75, 3.05) is 25.6 Å². The standard InChI is InChI=1S/C26H29ClF2N2O6S/c1-37-9-8-30-24(32)14-26(34)16-3-4-17(26)12-19(11-16)38(35,36)23-10-15(2-6-20(23)27)25(33)31-18-5-7-21(28)22(29)13-18/h2,5-7,10,13,16-17,19,34H,3-4,8-9,11-12,14H2,1H3,(H,30,32)(H,31,33)/t16?,17?,19-,26-. The zero-order valence-electron chi connectivity index (χ0n) is 20.7. The third-order valence-electron chi connectivity index (χ3n) is 7.56. The number of carbonyl (C=O) groups excluding carboxylic acids is 2. The van der Waals surface area contributed by atoms with Crippen molar-refractivity contribution < 1.29 is 36.6 Å². The van der Waals surface area contributed by atoms with Crippen LogP contribution in [0.15, 0.2) is 41.3 Å². The summed E-state index contributed by atoms with van der Waals surface area (Å²) in [5.74, 6) is -4.00. The minimum absolute atomic E-state index is 0.00246. The van der Waals surface area contributed by atoms with Gasteiger partial charge in [0.05, 0.1) is 33.8 Å². The number of halogens is 3. The number of carbonyl (C=O) groups is 2. The molecule has 2 saturated carbocycles. The minimum Gasteiger partial charge on any atom is -0.389 e. The molecule has 12 heteroatoms. The van der Waals surface area contributed by atoms with Gasteiger partial charge in [0.2, 0.25) is 5.91 Å². The summed E-state index contributed by atoms with van der Waals surface area (Å²) in [5, 5.41) is 15.6. The maximum atomic E-state index is 13.7. The average Bonchev–Trinajstić information content (AvgIpc) is 3.02. The number of aliphatic hydroxyl groups is 1. The Balaban J connectivity index is 1.51. The fraction of sp³-hybridized carbons (Fsp3) is 0.462. The van der Waals surface area contributed by atoms with Gasteiger partial charge in [0.1, 0.15) is 0 Å². The van der Waals surface area contributed by atoms with E-state index in [4.69, 9.17) is 16.3 Å². The van der Waals surface area contributed by atoms with Crippen molar-refractivity contribution in [3.05, 3.63) is 58.6 Å². The number of fused-ring (bicyclic) bond motifs is 2. The van der Waals surface area contributed by atoms with Crippen LogP contribution >= 0.6 is 11.6 Å². The van der Waals surface area contributed by atoms with Gasteiger partial charge in [-0.15, -0.1) is 0 Å². The van der Waals surface area contributed by atoms with Gasteiger partial charge >= 0.3 is 0 Å². The van der Waals surface area contributed by atoms with E-state index in [-0.39, 0.29) is 58.2 Å². The van der Waals surface area contributed by atoms with Crippen LogP contribution in [0.25, 0.3) is 0 Å². The molecule has 0 aliphatic heterocycles. The molecule has 0 spiro atoms. The highest BCUT2D eigenvalue weighted by Crippen LogP contribution is 2.53. The number of ether oxygens (including phenoxy) is 1. The fourth-order valence-electron chi connectivity index (χ4n) is 5.58. The van der Waals surface area contributed by atoms with Crippen molar-refractivity contribution in [2.45, 2.75) is 47.9 Å². The second-order valence-electron chi connectivity index (χ2n) is 9.85. The molecule has 0 saturated heterocycles. The molecule has 206 valence electrons. The van der Waals surface area contributed by atoms with Crippen LogP contribution in [0.1, 0.15) is 42.5 Å². The summed E-state index contributed by atoms with van der Waals surface area (Å²) in [6.07, 6.45) is 1.40. The molecule has 0 radical (unpaired) electrons. The van der Waals surface area contributed by atoms with E-state index in [0.29, 0.717) is 26.0 Å². The summed E-state index contributed by atoms with van der Waals surface area (Å²) < 4.78 is 58.9. The van der Waals surface area contributed by atoms with Crippen molar-refractivity contribution in [3.63, 3.8) is 0 Å².